The second-order valence-corrected chi connectivity index (χ2v) is 5.23. The number of alkyl halides is 3. The van der Waals surface area contributed by atoms with Crippen LogP contribution in [0.25, 0.3) is 0 Å². The summed E-state index contributed by atoms with van der Waals surface area (Å²) in [5, 5.41) is 3.28. The average molecular weight is 303 g/mol. The molecule has 21 heavy (non-hydrogen) atoms. The van der Waals surface area contributed by atoms with Crippen molar-refractivity contribution in [3.8, 4) is 11.5 Å². The van der Waals surface area contributed by atoms with Crippen LogP contribution < -0.4 is 14.8 Å². The predicted octanol–water partition coefficient (Wildman–Crippen LogP) is 3.26. The van der Waals surface area contributed by atoms with E-state index in [1.54, 1.807) is 0 Å². The lowest BCUT2D eigenvalue weighted by atomic mass is 9.90. The number of hydrogen-bond donors (Lipinski definition) is 1. The van der Waals surface area contributed by atoms with Crippen LogP contribution in [0.1, 0.15) is 24.0 Å². The first-order valence-electron chi connectivity index (χ1n) is 6.99. The van der Waals surface area contributed by atoms with E-state index in [4.69, 9.17) is 9.47 Å². The summed E-state index contributed by atoms with van der Waals surface area (Å²) in [6.45, 7) is 1.90. The molecule has 1 N–H and O–H groups in total. The minimum atomic E-state index is -4.45. The van der Waals surface area contributed by atoms with E-state index in [1.165, 1.54) is 20.3 Å². The highest BCUT2D eigenvalue weighted by Crippen LogP contribution is 2.44. The first kappa shape index (κ1) is 15.9. The van der Waals surface area contributed by atoms with Gasteiger partial charge in [-0.1, -0.05) is 6.07 Å². The van der Waals surface area contributed by atoms with Gasteiger partial charge < -0.3 is 14.8 Å². The molecular weight excluding hydrogens is 283 g/mol. The maximum absolute atomic E-state index is 13.0. The second-order valence-electron chi connectivity index (χ2n) is 5.23. The van der Waals surface area contributed by atoms with E-state index in [0.717, 1.165) is 37.6 Å². The van der Waals surface area contributed by atoms with Crippen molar-refractivity contribution in [2.24, 2.45) is 5.92 Å². The third kappa shape index (κ3) is 3.61. The molecule has 2 rings (SSSR count). The lowest BCUT2D eigenvalue weighted by molar-refractivity contribution is -0.138. The highest BCUT2D eigenvalue weighted by molar-refractivity contribution is 5.53. The lowest BCUT2D eigenvalue weighted by Crippen LogP contribution is -2.28. The third-order valence-corrected chi connectivity index (χ3v) is 3.87. The SMILES string of the molecule is COc1c(CC2CCNCC2)ccc(C(F)(F)F)c1OC. The van der Waals surface area contributed by atoms with E-state index in [-0.39, 0.29) is 11.5 Å². The molecule has 1 fully saturated rings. The summed E-state index contributed by atoms with van der Waals surface area (Å²) in [4.78, 5) is 0. The van der Waals surface area contributed by atoms with Gasteiger partial charge in [-0.25, -0.2) is 0 Å². The molecule has 0 unspecified atom stereocenters. The number of hydrogen-bond acceptors (Lipinski definition) is 3. The standard InChI is InChI=1S/C15H20F3NO2/c1-20-13-11(9-10-5-7-19-8-6-10)3-4-12(14(13)21-2)15(16,17)18/h3-4,10,19H,5-9H2,1-2H3. The van der Waals surface area contributed by atoms with E-state index in [0.29, 0.717) is 12.3 Å². The molecule has 0 saturated carbocycles. The minimum Gasteiger partial charge on any atom is -0.493 e. The normalized spacial score (nSPS) is 16.8. The summed E-state index contributed by atoms with van der Waals surface area (Å²) in [6, 6.07) is 2.59. The number of methoxy groups -OCH3 is 2. The third-order valence-electron chi connectivity index (χ3n) is 3.87. The van der Waals surface area contributed by atoms with Crippen LogP contribution in [0.3, 0.4) is 0 Å². The van der Waals surface area contributed by atoms with Gasteiger partial charge in [-0.3, -0.25) is 0 Å². The number of ether oxygens (including phenoxy) is 2. The Kier molecular flexibility index (Phi) is 4.98. The van der Waals surface area contributed by atoms with Crippen LogP contribution >= 0.6 is 0 Å². The quantitative estimate of drug-likeness (QED) is 0.926. The Morgan fingerprint density at radius 3 is 2.24 bits per heavy atom. The summed E-state index contributed by atoms with van der Waals surface area (Å²) in [6.07, 6.45) is -1.70. The molecule has 0 amide bonds. The van der Waals surface area contributed by atoms with Gasteiger partial charge in [-0.15, -0.1) is 0 Å². The van der Waals surface area contributed by atoms with Crippen molar-refractivity contribution in [3.05, 3.63) is 23.3 Å². The average Bonchev–Trinajstić information content (AvgIpc) is 2.46. The van der Waals surface area contributed by atoms with Crippen LogP contribution in [0, 0.1) is 5.92 Å². The fourth-order valence-electron chi connectivity index (χ4n) is 2.81. The van der Waals surface area contributed by atoms with Crippen molar-refractivity contribution in [2.75, 3.05) is 27.3 Å². The summed E-state index contributed by atoms with van der Waals surface area (Å²) in [5.74, 6) is 0.434. The van der Waals surface area contributed by atoms with E-state index >= 15 is 0 Å². The zero-order valence-corrected chi connectivity index (χ0v) is 12.2. The van der Waals surface area contributed by atoms with Crippen LogP contribution in [-0.2, 0) is 12.6 Å². The highest BCUT2D eigenvalue weighted by Gasteiger charge is 2.36. The molecule has 1 aromatic carbocycles. The Morgan fingerprint density at radius 2 is 1.71 bits per heavy atom. The summed E-state index contributed by atoms with van der Waals surface area (Å²) in [5.41, 5.74) is -0.0230. The number of halogens is 3. The number of rotatable bonds is 4. The maximum atomic E-state index is 13.0. The largest absolute Gasteiger partial charge is 0.493 e. The van der Waals surface area contributed by atoms with Crippen molar-refractivity contribution in [1.29, 1.82) is 0 Å². The van der Waals surface area contributed by atoms with E-state index in [2.05, 4.69) is 5.32 Å². The van der Waals surface area contributed by atoms with E-state index in [9.17, 15) is 13.2 Å². The molecule has 0 bridgehead atoms. The molecule has 6 heteroatoms. The van der Waals surface area contributed by atoms with Crippen LogP contribution in [0.2, 0.25) is 0 Å². The molecule has 0 radical (unpaired) electrons. The zero-order chi connectivity index (χ0) is 15.5. The first-order valence-corrected chi connectivity index (χ1v) is 6.99. The summed E-state index contributed by atoms with van der Waals surface area (Å²) in [7, 11) is 2.62. The number of piperidine rings is 1. The molecule has 1 heterocycles. The first-order chi connectivity index (χ1) is 9.97. The Morgan fingerprint density at radius 1 is 1.10 bits per heavy atom. The van der Waals surface area contributed by atoms with Crippen molar-refractivity contribution >= 4 is 0 Å². The van der Waals surface area contributed by atoms with Crippen molar-refractivity contribution in [1.82, 2.24) is 5.32 Å². The Balaban J connectivity index is 2.33. The fraction of sp³-hybridized carbons (Fsp3) is 0.600. The van der Waals surface area contributed by atoms with Crippen LogP contribution in [-0.4, -0.2) is 27.3 Å². The molecule has 1 aromatic rings. The van der Waals surface area contributed by atoms with Crippen molar-refractivity contribution in [2.45, 2.75) is 25.4 Å². The van der Waals surface area contributed by atoms with Gasteiger partial charge in [0.1, 0.15) is 5.56 Å². The smallest absolute Gasteiger partial charge is 0.420 e. The van der Waals surface area contributed by atoms with Gasteiger partial charge in [0, 0.05) is 0 Å². The molecule has 1 saturated heterocycles. The molecule has 0 spiro atoms. The second kappa shape index (κ2) is 6.56. The molecule has 0 atom stereocenters. The predicted molar refractivity (Wildman–Crippen MR) is 73.8 cm³/mol. The summed E-state index contributed by atoms with van der Waals surface area (Å²) >= 11 is 0. The van der Waals surface area contributed by atoms with Crippen molar-refractivity contribution < 1.29 is 22.6 Å². The molecule has 0 aromatic heterocycles. The molecule has 1 aliphatic heterocycles. The molecule has 3 nitrogen and oxygen atoms in total. The topological polar surface area (TPSA) is 30.5 Å². The van der Waals surface area contributed by atoms with Crippen LogP contribution in [0.15, 0.2) is 12.1 Å². The Labute approximate surface area is 122 Å². The highest BCUT2D eigenvalue weighted by atomic mass is 19.4. The van der Waals surface area contributed by atoms with Crippen LogP contribution in [0.4, 0.5) is 13.2 Å². The van der Waals surface area contributed by atoms with Gasteiger partial charge >= 0.3 is 6.18 Å². The number of benzene rings is 1. The molecule has 0 aliphatic carbocycles. The van der Waals surface area contributed by atoms with E-state index in [1.807, 2.05) is 0 Å². The van der Waals surface area contributed by atoms with Gasteiger partial charge in [-0.2, -0.15) is 13.2 Å². The van der Waals surface area contributed by atoms with Gasteiger partial charge in [0.2, 0.25) is 0 Å². The Hall–Kier alpha value is -1.43. The van der Waals surface area contributed by atoms with Gasteiger partial charge in [0.05, 0.1) is 14.2 Å². The van der Waals surface area contributed by atoms with Gasteiger partial charge in [0.25, 0.3) is 0 Å². The monoisotopic (exact) mass is 303 g/mol. The number of nitrogens with one attached hydrogen (secondary N) is 1. The zero-order valence-electron chi connectivity index (χ0n) is 12.2. The molecule has 1 aliphatic rings. The minimum absolute atomic E-state index is 0.200. The van der Waals surface area contributed by atoms with Gasteiger partial charge in [0.15, 0.2) is 11.5 Å². The maximum Gasteiger partial charge on any atom is 0.420 e. The van der Waals surface area contributed by atoms with Crippen molar-refractivity contribution in [3.63, 3.8) is 0 Å². The molecule has 118 valence electrons. The van der Waals surface area contributed by atoms with E-state index < -0.39 is 11.7 Å². The lowest BCUT2D eigenvalue weighted by Gasteiger charge is -2.24. The van der Waals surface area contributed by atoms with Crippen LogP contribution in [0.5, 0.6) is 11.5 Å². The fourth-order valence-corrected chi connectivity index (χ4v) is 2.81. The van der Waals surface area contributed by atoms with Gasteiger partial charge in [-0.05, 0) is 49.9 Å². The Bertz CT molecular complexity index is 483. The molecular formula is C15H20F3NO2. The summed E-state index contributed by atoms with van der Waals surface area (Å²) < 4.78 is 49.2.